The van der Waals surface area contributed by atoms with Crippen LogP contribution in [0.25, 0.3) is 0 Å². The maximum atomic E-state index is 11.3. The first-order chi connectivity index (χ1) is 8.48. The largest absolute Gasteiger partial charge is 0.492 e. The zero-order valence-corrected chi connectivity index (χ0v) is 12.1. The number of benzene rings is 1. The number of halogens is 1. The monoisotopic (exact) mass is 291 g/mol. The molecule has 1 N–H and O–H groups in total. The van der Waals surface area contributed by atoms with Gasteiger partial charge in [0.1, 0.15) is 12.4 Å². The number of rotatable bonds is 7. The molecule has 0 bridgehead atoms. The quantitative estimate of drug-likeness (QED) is 0.833. The van der Waals surface area contributed by atoms with E-state index in [0.717, 1.165) is 5.56 Å². The van der Waals surface area contributed by atoms with Crippen molar-refractivity contribution in [3.05, 3.63) is 28.8 Å². The molecule has 0 aliphatic rings. The summed E-state index contributed by atoms with van der Waals surface area (Å²) in [4.78, 5) is 0. The Morgan fingerprint density at radius 1 is 1.39 bits per heavy atom. The summed E-state index contributed by atoms with van der Waals surface area (Å²) in [5.74, 6) is 0.839. The summed E-state index contributed by atoms with van der Waals surface area (Å²) in [5.41, 5.74) is 0.916. The molecule has 1 aromatic carbocycles. The molecular weight excluding hydrogens is 274 g/mol. The van der Waals surface area contributed by atoms with Gasteiger partial charge >= 0.3 is 0 Å². The van der Waals surface area contributed by atoms with Gasteiger partial charge in [-0.1, -0.05) is 18.5 Å². The van der Waals surface area contributed by atoms with Crippen LogP contribution >= 0.6 is 11.6 Å². The van der Waals surface area contributed by atoms with Crippen LogP contribution in [0.1, 0.15) is 12.5 Å². The van der Waals surface area contributed by atoms with E-state index in [1.54, 1.807) is 19.1 Å². The second-order valence-electron chi connectivity index (χ2n) is 3.87. The van der Waals surface area contributed by atoms with E-state index in [-0.39, 0.29) is 18.1 Å². The fourth-order valence-corrected chi connectivity index (χ4v) is 2.26. The Labute approximate surface area is 113 Å². The molecule has 0 amide bonds. The number of hydrogen-bond acceptors (Lipinski definition) is 4. The van der Waals surface area contributed by atoms with Gasteiger partial charge in [-0.05, 0) is 25.2 Å². The van der Waals surface area contributed by atoms with Crippen LogP contribution in [0, 0.1) is 0 Å². The fourth-order valence-electron chi connectivity index (χ4n) is 1.44. The molecule has 0 saturated carbocycles. The smallest absolute Gasteiger partial charge is 0.153 e. The lowest BCUT2D eigenvalue weighted by atomic mass is 10.2. The highest BCUT2D eigenvalue weighted by atomic mass is 35.5. The standard InChI is InChI=1S/C12H18ClNO3S/c1-3-18(15,16)7-6-17-12-5-4-11(13)8-10(12)9-14-2/h4-5,8,14H,3,6-7,9H2,1-2H3. The van der Waals surface area contributed by atoms with Crippen molar-refractivity contribution >= 4 is 21.4 Å². The molecule has 0 aromatic heterocycles. The lowest BCUT2D eigenvalue weighted by molar-refractivity contribution is 0.336. The number of ether oxygens (including phenoxy) is 1. The number of sulfone groups is 1. The van der Waals surface area contributed by atoms with Crippen molar-refractivity contribution in [2.45, 2.75) is 13.5 Å². The van der Waals surface area contributed by atoms with E-state index in [9.17, 15) is 8.42 Å². The molecule has 0 heterocycles. The fraction of sp³-hybridized carbons (Fsp3) is 0.500. The van der Waals surface area contributed by atoms with E-state index >= 15 is 0 Å². The molecule has 1 aromatic rings. The highest BCUT2D eigenvalue weighted by molar-refractivity contribution is 7.91. The van der Waals surface area contributed by atoms with Gasteiger partial charge in [0.25, 0.3) is 0 Å². The van der Waals surface area contributed by atoms with Crippen LogP contribution in [0.15, 0.2) is 18.2 Å². The van der Waals surface area contributed by atoms with Gasteiger partial charge in [0, 0.05) is 22.9 Å². The molecule has 0 aliphatic carbocycles. The predicted octanol–water partition coefficient (Wildman–Crippen LogP) is 1.87. The van der Waals surface area contributed by atoms with Crippen molar-refractivity contribution in [2.75, 3.05) is 25.2 Å². The van der Waals surface area contributed by atoms with Crippen LogP contribution in [0.2, 0.25) is 5.02 Å². The molecule has 0 spiro atoms. The highest BCUT2D eigenvalue weighted by Crippen LogP contribution is 2.22. The van der Waals surface area contributed by atoms with Gasteiger partial charge in [0.2, 0.25) is 0 Å². The van der Waals surface area contributed by atoms with Crippen molar-refractivity contribution in [1.82, 2.24) is 5.32 Å². The van der Waals surface area contributed by atoms with Crippen LogP contribution in [0.4, 0.5) is 0 Å². The molecule has 0 aliphatic heterocycles. The van der Waals surface area contributed by atoms with E-state index in [2.05, 4.69) is 5.32 Å². The minimum Gasteiger partial charge on any atom is -0.492 e. The third-order valence-corrected chi connectivity index (χ3v) is 4.38. The summed E-state index contributed by atoms with van der Waals surface area (Å²) in [6, 6.07) is 5.29. The van der Waals surface area contributed by atoms with Gasteiger partial charge in [0.05, 0.1) is 5.75 Å². The van der Waals surface area contributed by atoms with Crippen molar-refractivity contribution in [2.24, 2.45) is 0 Å². The Kier molecular flexibility index (Phi) is 5.91. The van der Waals surface area contributed by atoms with Gasteiger partial charge < -0.3 is 10.1 Å². The van der Waals surface area contributed by atoms with Crippen LogP contribution in [-0.4, -0.2) is 33.6 Å². The molecule has 0 unspecified atom stereocenters. The normalized spacial score (nSPS) is 11.5. The zero-order chi connectivity index (χ0) is 13.6. The van der Waals surface area contributed by atoms with E-state index in [1.807, 2.05) is 13.1 Å². The maximum Gasteiger partial charge on any atom is 0.153 e. The first-order valence-electron chi connectivity index (χ1n) is 5.74. The third kappa shape index (κ3) is 4.84. The van der Waals surface area contributed by atoms with E-state index < -0.39 is 9.84 Å². The summed E-state index contributed by atoms with van der Waals surface area (Å²) in [6.07, 6.45) is 0. The summed E-state index contributed by atoms with van der Waals surface area (Å²) in [5, 5.41) is 3.65. The Morgan fingerprint density at radius 3 is 2.72 bits per heavy atom. The summed E-state index contributed by atoms with van der Waals surface area (Å²) >= 11 is 5.90. The topological polar surface area (TPSA) is 55.4 Å². The number of hydrogen-bond donors (Lipinski definition) is 1. The van der Waals surface area contributed by atoms with Crippen LogP contribution in [0.5, 0.6) is 5.75 Å². The van der Waals surface area contributed by atoms with Crippen LogP contribution in [-0.2, 0) is 16.4 Å². The minimum atomic E-state index is -2.99. The molecule has 0 radical (unpaired) electrons. The molecule has 18 heavy (non-hydrogen) atoms. The second kappa shape index (κ2) is 6.97. The van der Waals surface area contributed by atoms with E-state index in [1.165, 1.54) is 0 Å². The first-order valence-corrected chi connectivity index (χ1v) is 7.94. The van der Waals surface area contributed by atoms with Crippen LogP contribution < -0.4 is 10.1 Å². The van der Waals surface area contributed by atoms with Gasteiger partial charge in [-0.25, -0.2) is 8.42 Å². The van der Waals surface area contributed by atoms with Crippen molar-refractivity contribution < 1.29 is 13.2 Å². The van der Waals surface area contributed by atoms with Crippen molar-refractivity contribution in [1.29, 1.82) is 0 Å². The summed E-state index contributed by atoms with van der Waals surface area (Å²) in [6.45, 7) is 2.41. The average molecular weight is 292 g/mol. The van der Waals surface area contributed by atoms with Crippen molar-refractivity contribution in [3.63, 3.8) is 0 Å². The lowest BCUT2D eigenvalue weighted by Crippen LogP contribution is -2.16. The zero-order valence-electron chi connectivity index (χ0n) is 10.6. The minimum absolute atomic E-state index is 0.0329. The summed E-state index contributed by atoms with van der Waals surface area (Å²) < 4.78 is 28.2. The Balaban J connectivity index is 2.67. The molecule has 0 fully saturated rings. The lowest BCUT2D eigenvalue weighted by Gasteiger charge is -2.11. The molecular formula is C12H18ClNO3S. The molecule has 0 saturated heterocycles. The number of nitrogens with one attached hydrogen (secondary N) is 1. The average Bonchev–Trinajstić information content (AvgIpc) is 2.32. The van der Waals surface area contributed by atoms with E-state index in [4.69, 9.17) is 16.3 Å². The molecule has 6 heteroatoms. The van der Waals surface area contributed by atoms with Gasteiger partial charge in [-0.2, -0.15) is 0 Å². The molecule has 102 valence electrons. The van der Waals surface area contributed by atoms with Gasteiger partial charge in [0.15, 0.2) is 9.84 Å². The molecule has 0 atom stereocenters. The summed E-state index contributed by atoms with van der Waals surface area (Å²) in [7, 11) is -1.16. The Hall–Kier alpha value is -0.780. The second-order valence-corrected chi connectivity index (χ2v) is 6.78. The Bertz CT molecular complexity index is 488. The van der Waals surface area contributed by atoms with Crippen molar-refractivity contribution in [3.8, 4) is 5.75 Å². The Morgan fingerprint density at radius 2 is 2.11 bits per heavy atom. The van der Waals surface area contributed by atoms with Gasteiger partial charge in [-0.3, -0.25) is 0 Å². The van der Waals surface area contributed by atoms with Crippen LogP contribution in [0.3, 0.4) is 0 Å². The van der Waals surface area contributed by atoms with Gasteiger partial charge in [-0.15, -0.1) is 0 Å². The molecule has 1 rings (SSSR count). The van der Waals surface area contributed by atoms with E-state index in [0.29, 0.717) is 17.3 Å². The predicted molar refractivity (Wildman–Crippen MR) is 74.0 cm³/mol. The maximum absolute atomic E-state index is 11.3. The highest BCUT2D eigenvalue weighted by Gasteiger charge is 2.09. The molecule has 4 nitrogen and oxygen atoms in total. The SMILES string of the molecule is CCS(=O)(=O)CCOc1ccc(Cl)cc1CNC. The first kappa shape index (κ1) is 15.3. The third-order valence-electron chi connectivity index (χ3n) is 2.48.